The molecule has 0 atom stereocenters. The highest BCUT2D eigenvalue weighted by molar-refractivity contribution is 6.36. The van der Waals surface area contributed by atoms with Gasteiger partial charge < -0.3 is 0 Å². The van der Waals surface area contributed by atoms with Gasteiger partial charge in [-0.2, -0.15) is 9.61 Å². The minimum atomic E-state index is 0.270. The van der Waals surface area contributed by atoms with Gasteiger partial charge in [-0.3, -0.25) is 0 Å². The molecule has 0 fully saturated rings. The van der Waals surface area contributed by atoms with Crippen LogP contribution in [0.5, 0.6) is 0 Å². The van der Waals surface area contributed by atoms with E-state index in [1.54, 1.807) is 19.1 Å². The smallest absolute Gasteiger partial charge is 0.213 e. The highest BCUT2D eigenvalue weighted by Gasteiger charge is 2.18. The van der Waals surface area contributed by atoms with Gasteiger partial charge in [0.15, 0.2) is 5.65 Å². The standard InChI is InChI=1S/C13H9Cl3N4/c1-6-11(9-4-3-8(14)5-10(9)15)12-17-7(2)18-13(16)20(12)19-6/h3-5H,1-2H3. The summed E-state index contributed by atoms with van der Waals surface area (Å²) in [5.41, 5.74) is 3.05. The van der Waals surface area contributed by atoms with Crippen LogP contribution in [-0.2, 0) is 0 Å². The van der Waals surface area contributed by atoms with Crippen LogP contribution in [0.3, 0.4) is 0 Å². The second kappa shape index (κ2) is 4.88. The normalized spacial score (nSPS) is 11.2. The van der Waals surface area contributed by atoms with E-state index in [2.05, 4.69) is 15.1 Å². The third-order valence-corrected chi connectivity index (χ3v) is 3.73. The van der Waals surface area contributed by atoms with Crippen LogP contribution in [0.15, 0.2) is 18.2 Å². The van der Waals surface area contributed by atoms with E-state index in [9.17, 15) is 0 Å². The van der Waals surface area contributed by atoms with Gasteiger partial charge in [-0.1, -0.05) is 29.3 Å². The summed E-state index contributed by atoms with van der Waals surface area (Å²) in [6.45, 7) is 3.65. The molecule has 0 aliphatic carbocycles. The van der Waals surface area contributed by atoms with Crippen molar-refractivity contribution in [3.05, 3.63) is 45.0 Å². The summed E-state index contributed by atoms with van der Waals surface area (Å²) in [5.74, 6) is 0.578. The number of hydrogen-bond donors (Lipinski definition) is 0. The van der Waals surface area contributed by atoms with E-state index in [4.69, 9.17) is 34.8 Å². The van der Waals surface area contributed by atoms with Crippen LogP contribution >= 0.6 is 34.8 Å². The average Bonchev–Trinajstić information content (AvgIpc) is 2.67. The second-order valence-corrected chi connectivity index (χ2v) is 5.54. The van der Waals surface area contributed by atoms with Gasteiger partial charge in [-0.25, -0.2) is 9.97 Å². The number of hydrogen-bond acceptors (Lipinski definition) is 3. The molecule has 0 unspecified atom stereocenters. The molecule has 4 nitrogen and oxygen atoms in total. The first-order valence-electron chi connectivity index (χ1n) is 5.82. The topological polar surface area (TPSA) is 43.1 Å². The number of rotatable bonds is 1. The average molecular weight is 328 g/mol. The molecule has 1 aromatic carbocycles. The first kappa shape index (κ1) is 13.6. The molecule has 0 N–H and O–H groups in total. The van der Waals surface area contributed by atoms with Crippen molar-refractivity contribution in [2.24, 2.45) is 0 Å². The predicted octanol–water partition coefficient (Wildman–Crippen LogP) is 4.37. The van der Waals surface area contributed by atoms with Crippen molar-refractivity contribution >= 4 is 40.4 Å². The lowest BCUT2D eigenvalue weighted by molar-refractivity contribution is 0.858. The van der Waals surface area contributed by atoms with Crippen LogP contribution in [0.1, 0.15) is 11.5 Å². The fourth-order valence-electron chi connectivity index (χ4n) is 2.11. The molecule has 0 amide bonds. The summed E-state index contributed by atoms with van der Waals surface area (Å²) in [6, 6.07) is 5.32. The molecule has 20 heavy (non-hydrogen) atoms. The van der Waals surface area contributed by atoms with E-state index in [1.807, 2.05) is 13.0 Å². The Balaban J connectivity index is 2.38. The van der Waals surface area contributed by atoms with Gasteiger partial charge in [-0.05, 0) is 37.6 Å². The first-order valence-corrected chi connectivity index (χ1v) is 6.95. The molecule has 0 radical (unpaired) electrons. The molecule has 0 aliphatic heterocycles. The lowest BCUT2D eigenvalue weighted by Gasteiger charge is -2.04. The van der Waals surface area contributed by atoms with E-state index < -0.39 is 0 Å². The Morgan fingerprint density at radius 3 is 2.50 bits per heavy atom. The summed E-state index contributed by atoms with van der Waals surface area (Å²) < 4.78 is 1.50. The van der Waals surface area contributed by atoms with Crippen LogP contribution in [0.4, 0.5) is 0 Å². The van der Waals surface area contributed by atoms with Crippen LogP contribution < -0.4 is 0 Å². The number of aryl methyl sites for hydroxylation is 2. The monoisotopic (exact) mass is 326 g/mol. The second-order valence-electron chi connectivity index (χ2n) is 4.36. The molecule has 3 rings (SSSR count). The van der Waals surface area contributed by atoms with Gasteiger partial charge in [0.1, 0.15) is 5.82 Å². The van der Waals surface area contributed by atoms with Gasteiger partial charge in [-0.15, -0.1) is 0 Å². The molecular weight excluding hydrogens is 319 g/mol. The van der Waals surface area contributed by atoms with Gasteiger partial charge in [0.2, 0.25) is 5.28 Å². The Bertz CT molecular complexity index is 826. The van der Waals surface area contributed by atoms with Gasteiger partial charge in [0, 0.05) is 10.6 Å². The fraction of sp³-hybridized carbons (Fsp3) is 0.154. The Morgan fingerprint density at radius 2 is 1.80 bits per heavy atom. The van der Waals surface area contributed by atoms with Gasteiger partial charge in [0.05, 0.1) is 16.3 Å². The molecular formula is C13H9Cl3N4. The Hall–Kier alpha value is -1.36. The highest BCUT2D eigenvalue weighted by atomic mass is 35.5. The Kier molecular flexibility index (Phi) is 3.32. The lowest BCUT2D eigenvalue weighted by Crippen LogP contribution is -1.98. The summed E-state index contributed by atoms with van der Waals surface area (Å²) in [6.07, 6.45) is 0. The summed E-state index contributed by atoms with van der Waals surface area (Å²) in [4.78, 5) is 8.50. The van der Waals surface area contributed by atoms with Crippen molar-refractivity contribution in [1.29, 1.82) is 0 Å². The molecule has 0 bridgehead atoms. The first-order chi connectivity index (χ1) is 9.47. The number of halogens is 3. The molecule has 0 saturated carbocycles. The Labute approximate surface area is 130 Å². The van der Waals surface area contributed by atoms with Crippen molar-refractivity contribution in [2.75, 3.05) is 0 Å². The van der Waals surface area contributed by atoms with Crippen molar-refractivity contribution < 1.29 is 0 Å². The zero-order valence-corrected chi connectivity index (χ0v) is 12.9. The molecule has 2 aromatic heterocycles. The van der Waals surface area contributed by atoms with Gasteiger partial charge in [0.25, 0.3) is 0 Å². The SMILES string of the molecule is Cc1nc(Cl)n2nc(C)c(-c3ccc(Cl)cc3Cl)c2n1. The molecule has 3 aromatic rings. The quantitative estimate of drug-likeness (QED) is 0.666. The lowest BCUT2D eigenvalue weighted by atomic mass is 10.1. The summed E-state index contributed by atoms with van der Waals surface area (Å²) >= 11 is 18.3. The van der Waals surface area contributed by atoms with Crippen molar-refractivity contribution in [1.82, 2.24) is 19.6 Å². The molecule has 0 aliphatic rings. The van der Waals surface area contributed by atoms with Crippen LogP contribution in [0.25, 0.3) is 16.8 Å². The molecule has 102 valence electrons. The number of benzene rings is 1. The summed E-state index contributed by atoms with van der Waals surface area (Å²) in [5, 5.41) is 5.76. The Morgan fingerprint density at radius 1 is 1.05 bits per heavy atom. The van der Waals surface area contributed by atoms with Crippen molar-refractivity contribution in [2.45, 2.75) is 13.8 Å². The minimum absolute atomic E-state index is 0.270. The third kappa shape index (κ3) is 2.14. The van der Waals surface area contributed by atoms with E-state index in [0.717, 1.165) is 16.8 Å². The fourth-order valence-corrected chi connectivity index (χ4v) is 2.86. The maximum Gasteiger partial charge on any atom is 0.227 e. The third-order valence-electron chi connectivity index (χ3n) is 2.93. The van der Waals surface area contributed by atoms with Gasteiger partial charge >= 0.3 is 0 Å². The largest absolute Gasteiger partial charge is 0.227 e. The molecule has 2 heterocycles. The maximum absolute atomic E-state index is 6.28. The zero-order chi connectivity index (χ0) is 14.4. The van der Waals surface area contributed by atoms with E-state index in [0.29, 0.717) is 21.5 Å². The van der Waals surface area contributed by atoms with Crippen LogP contribution in [0.2, 0.25) is 15.3 Å². The van der Waals surface area contributed by atoms with E-state index in [1.165, 1.54) is 4.52 Å². The predicted molar refractivity (Wildman–Crippen MR) is 80.7 cm³/mol. The van der Waals surface area contributed by atoms with Crippen LogP contribution in [0, 0.1) is 13.8 Å². The minimum Gasteiger partial charge on any atom is -0.213 e. The van der Waals surface area contributed by atoms with Crippen molar-refractivity contribution in [3.63, 3.8) is 0 Å². The van der Waals surface area contributed by atoms with E-state index >= 15 is 0 Å². The molecule has 0 spiro atoms. The van der Waals surface area contributed by atoms with Crippen molar-refractivity contribution in [3.8, 4) is 11.1 Å². The number of fused-ring (bicyclic) bond motifs is 1. The number of nitrogens with zero attached hydrogens (tertiary/aromatic N) is 4. The summed E-state index contributed by atoms with van der Waals surface area (Å²) in [7, 11) is 0. The number of aromatic nitrogens is 4. The van der Waals surface area contributed by atoms with E-state index in [-0.39, 0.29) is 5.28 Å². The maximum atomic E-state index is 6.28. The highest BCUT2D eigenvalue weighted by Crippen LogP contribution is 2.35. The van der Waals surface area contributed by atoms with Crippen LogP contribution in [-0.4, -0.2) is 19.6 Å². The zero-order valence-electron chi connectivity index (χ0n) is 10.7. The molecule has 7 heteroatoms. The molecule has 0 saturated heterocycles.